The van der Waals surface area contributed by atoms with Crippen LogP contribution in [0.1, 0.15) is 29.8 Å². The summed E-state index contributed by atoms with van der Waals surface area (Å²) in [6.45, 7) is 5.72. The van der Waals surface area contributed by atoms with Gasteiger partial charge in [0, 0.05) is 19.6 Å². The number of amides is 1. The molecular weight excluding hydrogens is 275 g/mol. The number of carbonyl (C=O) groups is 2. The molecule has 0 heterocycles. The van der Waals surface area contributed by atoms with Crippen molar-refractivity contribution in [1.29, 1.82) is 0 Å². The van der Waals surface area contributed by atoms with E-state index in [0.717, 1.165) is 0 Å². The average Bonchev–Trinajstić information content (AvgIpc) is 2.48. The summed E-state index contributed by atoms with van der Waals surface area (Å²) in [7, 11) is 1.20. The molecule has 21 heavy (non-hydrogen) atoms. The maximum atomic E-state index is 13.7. The van der Waals surface area contributed by atoms with Crippen LogP contribution in [0.5, 0.6) is 0 Å². The molecule has 116 valence electrons. The molecule has 0 saturated carbocycles. The van der Waals surface area contributed by atoms with Gasteiger partial charge in [0.2, 0.25) is 5.91 Å². The number of esters is 1. The lowest BCUT2D eigenvalue weighted by Gasteiger charge is -2.18. The van der Waals surface area contributed by atoms with Gasteiger partial charge in [-0.2, -0.15) is 0 Å². The van der Waals surface area contributed by atoms with Crippen LogP contribution in [0.15, 0.2) is 18.2 Å². The Balaban J connectivity index is 2.55. The quantitative estimate of drug-likeness (QED) is 0.776. The molecule has 1 rings (SSSR count). The molecule has 0 unspecified atom stereocenters. The fourth-order valence-electron chi connectivity index (χ4n) is 1.95. The summed E-state index contributed by atoms with van der Waals surface area (Å²) in [6.07, 6.45) is 0. The zero-order valence-electron chi connectivity index (χ0n) is 12.6. The minimum atomic E-state index is -0.705. The lowest BCUT2D eigenvalue weighted by Crippen LogP contribution is -2.37. The summed E-state index contributed by atoms with van der Waals surface area (Å²) in [4.78, 5) is 24.8. The number of benzene rings is 1. The lowest BCUT2D eigenvalue weighted by atomic mass is 10.1. The van der Waals surface area contributed by atoms with Crippen LogP contribution in [0, 0.1) is 5.82 Å². The number of nitrogens with zero attached hydrogens (tertiary/aromatic N) is 1. The molecular formula is C15H21FN2O3. The number of methoxy groups -OCH3 is 1. The molecule has 0 fully saturated rings. The zero-order chi connectivity index (χ0) is 15.8. The molecule has 0 saturated heterocycles. The first-order chi connectivity index (χ1) is 10.0. The van der Waals surface area contributed by atoms with Gasteiger partial charge in [-0.25, -0.2) is 9.18 Å². The van der Waals surface area contributed by atoms with E-state index >= 15 is 0 Å². The van der Waals surface area contributed by atoms with E-state index in [1.165, 1.54) is 19.2 Å². The van der Waals surface area contributed by atoms with E-state index in [9.17, 15) is 14.0 Å². The summed E-state index contributed by atoms with van der Waals surface area (Å²) in [5.74, 6) is -1.33. The Labute approximate surface area is 124 Å². The number of hydrogen-bond donors (Lipinski definition) is 1. The molecule has 0 atom stereocenters. The number of likely N-dealkylation sites (N-methyl/N-ethyl adjacent to an activating group) is 1. The molecule has 1 aromatic rings. The first kappa shape index (κ1) is 17.1. The fraction of sp³-hybridized carbons (Fsp3) is 0.467. The number of ether oxygens (including phenoxy) is 1. The molecule has 1 N–H and O–H groups in total. The van der Waals surface area contributed by atoms with Crippen LogP contribution in [0.3, 0.4) is 0 Å². The monoisotopic (exact) mass is 296 g/mol. The molecule has 1 aromatic carbocycles. The van der Waals surface area contributed by atoms with Crippen molar-refractivity contribution in [2.24, 2.45) is 0 Å². The van der Waals surface area contributed by atoms with Crippen LogP contribution in [-0.4, -0.2) is 43.5 Å². The highest BCUT2D eigenvalue weighted by molar-refractivity contribution is 5.89. The topological polar surface area (TPSA) is 58.6 Å². The largest absolute Gasteiger partial charge is 0.465 e. The Morgan fingerprint density at radius 3 is 2.48 bits per heavy atom. The van der Waals surface area contributed by atoms with Crippen molar-refractivity contribution < 1.29 is 18.7 Å². The highest BCUT2D eigenvalue weighted by Crippen LogP contribution is 2.11. The zero-order valence-corrected chi connectivity index (χ0v) is 12.6. The predicted molar refractivity (Wildman–Crippen MR) is 77.4 cm³/mol. The van der Waals surface area contributed by atoms with Crippen LogP contribution in [0.4, 0.5) is 4.39 Å². The first-order valence-corrected chi connectivity index (χ1v) is 6.88. The standard InChI is InChI=1S/C15H21FN2O3/c1-4-18(5-2)14(19)10-17-9-11-6-7-12(13(16)8-11)15(20)21-3/h6-8,17H,4-5,9-10H2,1-3H3. The third-order valence-electron chi connectivity index (χ3n) is 3.16. The smallest absolute Gasteiger partial charge is 0.340 e. The fourth-order valence-corrected chi connectivity index (χ4v) is 1.95. The molecule has 5 nitrogen and oxygen atoms in total. The van der Waals surface area contributed by atoms with Gasteiger partial charge in [0.1, 0.15) is 5.82 Å². The normalized spacial score (nSPS) is 10.3. The molecule has 6 heteroatoms. The summed E-state index contributed by atoms with van der Waals surface area (Å²) in [5, 5.41) is 2.97. The summed E-state index contributed by atoms with van der Waals surface area (Å²) >= 11 is 0. The molecule has 0 aromatic heterocycles. The minimum absolute atomic E-state index is 0.00616. The van der Waals surface area contributed by atoms with Crippen molar-refractivity contribution in [1.82, 2.24) is 10.2 Å². The second-order valence-electron chi connectivity index (χ2n) is 4.48. The minimum Gasteiger partial charge on any atom is -0.465 e. The van der Waals surface area contributed by atoms with Crippen LogP contribution < -0.4 is 5.32 Å². The van der Waals surface area contributed by atoms with Crippen molar-refractivity contribution in [3.05, 3.63) is 35.1 Å². The number of hydrogen-bond acceptors (Lipinski definition) is 4. The van der Waals surface area contributed by atoms with Crippen LogP contribution in [0.25, 0.3) is 0 Å². The maximum Gasteiger partial charge on any atom is 0.340 e. The molecule has 0 spiro atoms. The Morgan fingerprint density at radius 2 is 1.95 bits per heavy atom. The van der Waals surface area contributed by atoms with Gasteiger partial charge in [-0.3, -0.25) is 4.79 Å². The lowest BCUT2D eigenvalue weighted by molar-refractivity contribution is -0.129. The van der Waals surface area contributed by atoms with Crippen LogP contribution in [-0.2, 0) is 16.1 Å². The summed E-state index contributed by atoms with van der Waals surface area (Å²) < 4.78 is 18.2. The van der Waals surface area contributed by atoms with Crippen molar-refractivity contribution >= 4 is 11.9 Å². The van der Waals surface area contributed by atoms with Crippen molar-refractivity contribution in [3.8, 4) is 0 Å². The Kier molecular flexibility index (Phi) is 6.81. The third-order valence-corrected chi connectivity index (χ3v) is 3.16. The van der Waals surface area contributed by atoms with E-state index in [-0.39, 0.29) is 18.0 Å². The second kappa shape index (κ2) is 8.36. The number of halogens is 1. The number of carbonyl (C=O) groups excluding carboxylic acids is 2. The highest BCUT2D eigenvalue weighted by atomic mass is 19.1. The number of nitrogens with one attached hydrogen (secondary N) is 1. The van der Waals surface area contributed by atoms with E-state index < -0.39 is 11.8 Å². The second-order valence-corrected chi connectivity index (χ2v) is 4.48. The van der Waals surface area contributed by atoms with Gasteiger partial charge in [0.25, 0.3) is 0 Å². The van der Waals surface area contributed by atoms with Gasteiger partial charge in [-0.1, -0.05) is 6.07 Å². The molecule has 0 bridgehead atoms. The Morgan fingerprint density at radius 1 is 1.29 bits per heavy atom. The predicted octanol–water partition coefficient (Wildman–Crippen LogP) is 1.57. The van der Waals surface area contributed by atoms with Crippen molar-refractivity contribution in [3.63, 3.8) is 0 Å². The first-order valence-electron chi connectivity index (χ1n) is 6.88. The SMILES string of the molecule is CCN(CC)C(=O)CNCc1ccc(C(=O)OC)c(F)c1. The molecule has 1 amide bonds. The van der Waals surface area contributed by atoms with Crippen molar-refractivity contribution in [2.45, 2.75) is 20.4 Å². The molecule has 0 aliphatic rings. The molecule has 0 radical (unpaired) electrons. The van der Waals surface area contributed by atoms with E-state index in [1.54, 1.807) is 11.0 Å². The molecule has 0 aliphatic heterocycles. The summed E-state index contributed by atoms with van der Waals surface area (Å²) in [6, 6.07) is 4.27. The van der Waals surface area contributed by atoms with E-state index in [1.807, 2.05) is 13.8 Å². The Bertz CT molecular complexity index is 502. The van der Waals surface area contributed by atoms with E-state index in [0.29, 0.717) is 25.2 Å². The van der Waals surface area contributed by atoms with E-state index in [2.05, 4.69) is 10.1 Å². The van der Waals surface area contributed by atoms with Gasteiger partial charge >= 0.3 is 5.97 Å². The van der Waals surface area contributed by atoms with Gasteiger partial charge in [-0.15, -0.1) is 0 Å². The van der Waals surface area contributed by atoms with Crippen molar-refractivity contribution in [2.75, 3.05) is 26.7 Å². The van der Waals surface area contributed by atoms with Gasteiger partial charge < -0.3 is 15.0 Å². The van der Waals surface area contributed by atoms with E-state index in [4.69, 9.17) is 0 Å². The maximum absolute atomic E-state index is 13.7. The third kappa shape index (κ3) is 4.82. The summed E-state index contributed by atoms with van der Waals surface area (Å²) in [5.41, 5.74) is 0.563. The number of rotatable bonds is 7. The highest BCUT2D eigenvalue weighted by Gasteiger charge is 2.13. The van der Waals surface area contributed by atoms with Crippen LogP contribution in [0.2, 0.25) is 0 Å². The Hall–Kier alpha value is -1.95. The molecule has 0 aliphatic carbocycles. The van der Waals surface area contributed by atoms with Crippen LogP contribution >= 0.6 is 0 Å². The van der Waals surface area contributed by atoms with Gasteiger partial charge in [0.05, 0.1) is 19.2 Å². The van der Waals surface area contributed by atoms with Gasteiger partial charge in [0.15, 0.2) is 0 Å². The van der Waals surface area contributed by atoms with Gasteiger partial charge in [-0.05, 0) is 31.5 Å². The average molecular weight is 296 g/mol.